The molecule has 2 aromatic heterocycles. The molecule has 140 valence electrons. The average Bonchev–Trinajstić information content (AvgIpc) is 2.92. The van der Waals surface area contributed by atoms with Crippen LogP contribution >= 0.6 is 0 Å². The largest absolute Gasteiger partial charge is 0.345 e. The minimum absolute atomic E-state index is 0.169. The second-order valence-corrected chi connectivity index (χ2v) is 6.57. The van der Waals surface area contributed by atoms with Crippen molar-refractivity contribution in [3.05, 3.63) is 88.3 Å². The van der Waals surface area contributed by atoms with Gasteiger partial charge in [-0.25, -0.2) is 4.39 Å². The van der Waals surface area contributed by atoms with Crippen LogP contribution in [-0.4, -0.2) is 15.5 Å². The molecule has 0 fully saturated rings. The number of carbonyl (C=O) groups is 1. The summed E-state index contributed by atoms with van der Waals surface area (Å²) in [6.07, 6.45) is 2.52. The molecule has 1 N–H and O–H groups in total. The Kier molecular flexibility index (Phi) is 5.69. The molecule has 0 spiro atoms. The van der Waals surface area contributed by atoms with Crippen LogP contribution in [0.5, 0.6) is 0 Å². The van der Waals surface area contributed by atoms with Crippen LogP contribution in [0.2, 0.25) is 0 Å². The second kappa shape index (κ2) is 8.16. The number of hydrogen-bond acceptors (Lipinski definition) is 2. The molecule has 3 rings (SSSR count). The summed E-state index contributed by atoms with van der Waals surface area (Å²) in [5.74, 6) is -0.432. The van der Waals surface area contributed by atoms with Gasteiger partial charge >= 0.3 is 0 Å². The molecule has 0 bridgehead atoms. The summed E-state index contributed by atoms with van der Waals surface area (Å²) in [4.78, 5) is 17.2. The summed E-state index contributed by atoms with van der Waals surface area (Å²) >= 11 is 0. The van der Waals surface area contributed by atoms with E-state index in [9.17, 15) is 9.18 Å². The lowest BCUT2D eigenvalue weighted by atomic mass is 10.1. The van der Waals surface area contributed by atoms with Crippen LogP contribution in [0.3, 0.4) is 0 Å². The van der Waals surface area contributed by atoms with Crippen LogP contribution in [0.15, 0.2) is 48.7 Å². The molecule has 0 aliphatic carbocycles. The van der Waals surface area contributed by atoms with E-state index in [4.69, 9.17) is 0 Å². The Morgan fingerprint density at radius 2 is 1.89 bits per heavy atom. The van der Waals surface area contributed by atoms with E-state index in [0.29, 0.717) is 24.3 Å². The molecule has 4 nitrogen and oxygen atoms in total. The van der Waals surface area contributed by atoms with E-state index in [1.54, 1.807) is 18.3 Å². The van der Waals surface area contributed by atoms with E-state index >= 15 is 0 Å². The summed E-state index contributed by atoms with van der Waals surface area (Å²) in [5, 5.41) is 2.95. The van der Waals surface area contributed by atoms with Crippen molar-refractivity contribution in [2.24, 2.45) is 0 Å². The molecule has 0 saturated carbocycles. The topological polar surface area (TPSA) is 46.9 Å². The number of benzene rings is 1. The number of nitrogens with one attached hydrogen (secondary N) is 1. The molecule has 1 amide bonds. The zero-order valence-corrected chi connectivity index (χ0v) is 15.9. The van der Waals surface area contributed by atoms with Gasteiger partial charge in [-0.1, -0.05) is 31.2 Å². The molecular weight excluding hydrogens is 341 g/mol. The standard InChI is InChI=1S/C22H24FN3O/c1-4-19-15(2)21(22(27)25-13-18-10-7-8-12-24-18)26(16(19)3)14-17-9-5-6-11-20(17)23/h5-12H,4,13-14H2,1-3H3,(H,25,27). The monoisotopic (exact) mass is 365 g/mol. The highest BCUT2D eigenvalue weighted by Crippen LogP contribution is 2.24. The Morgan fingerprint density at radius 1 is 1.15 bits per heavy atom. The van der Waals surface area contributed by atoms with Gasteiger partial charge in [-0.2, -0.15) is 0 Å². The van der Waals surface area contributed by atoms with Crippen molar-refractivity contribution in [1.29, 1.82) is 0 Å². The molecule has 0 unspecified atom stereocenters. The van der Waals surface area contributed by atoms with Crippen LogP contribution in [0.25, 0.3) is 0 Å². The third-order valence-electron chi connectivity index (χ3n) is 4.93. The van der Waals surface area contributed by atoms with Crippen LogP contribution in [-0.2, 0) is 19.5 Å². The fourth-order valence-corrected chi connectivity index (χ4v) is 3.51. The van der Waals surface area contributed by atoms with Gasteiger partial charge in [0.25, 0.3) is 5.91 Å². The van der Waals surface area contributed by atoms with Crippen LogP contribution < -0.4 is 5.32 Å². The van der Waals surface area contributed by atoms with Crippen LogP contribution in [0, 0.1) is 19.7 Å². The van der Waals surface area contributed by atoms with Crippen LogP contribution in [0.4, 0.5) is 4.39 Å². The highest BCUT2D eigenvalue weighted by molar-refractivity contribution is 5.95. The number of halogens is 1. The lowest BCUT2D eigenvalue weighted by Crippen LogP contribution is -2.27. The van der Waals surface area contributed by atoms with E-state index in [1.807, 2.05) is 42.7 Å². The third-order valence-corrected chi connectivity index (χ3v) is 4.93. The third kappa shape index (κ3) is 3.92. The summed E-state index contributed by atoms with van der Waals surface area (Å²) in [6, 6.07) is 12.3. The first kappa shape index (κ1) is 18.8. The van der Waals surface area contributed by atoms with Gasteiger partial charge in [0.1, 0.15) is 11.5 Å². The van der Waals surface area contributed by atoms with Crippen molar-refractivity contribution in [3.63, 3.8) is 0 Å². The van der Waals surface area contributed by atoms with Crippen molar-refractivity contribution in [1.82, 2.24) is 14.9 Å². The zero-order valence-electron chi connectivity index (χ0n) is 15.9. The molecule has 0 aliphatic heterocycles. The average molecular weight is 365 g/mol. The number of pyridine rings is 1. The maximum Gasteiger partial charge on any atom is 0.268 e. The second-order valence-electron chi connectivity index (χ2n) is 6.57. The molecule has 0 atom stereocenters. The molecule has 0 aliphatic rings. The summed E-state index contributed by atoms with van der Waals surface area (Å²) in [5.41, 5.74) is 5.03. The molecule has 27 heavy (non-hydrogen) atoms. The first-order valence-electron chi connectivity index (χ1n) is 9.13. The van der Waals surface area contributed by atoms with E-state index in [1.165, 1.54) is 6.07 Å². The lowest BCUT2D eigenvalue weighted by molar-refractivity contribution is 0.0940. The minimum Gasteiger partial charge on any atom is -0.345 e. The van der Waals surface area contributed by atoms with Gasteiger partial charge in [-0.05, 0) is 49.6 Å². The van der Waals surface area contributed by atoms with Crippen LogP contribution in [0.1, 0.15) is 45.5 Å². The fourth-order valence-electron chi connectivity index (χ4n) is 3.51. The van der Waals surface area contributed by atoms with Crippen molar-refractivity contribution in [2.75, 3.05) is 0 Å². The molecule has 1 aromatic carbocycles. The smallest absolute Gasteiger partial charge is 0.268 e. The van der Waals surface area contributed by atoms with Crippen molar-refractivity contribution in [3.8, 4) is 0 Å². The van der Waals surface area contributed by atoms with E-state index in [2.05, 4.69) is 17.2 Å². The maximum atomic E-state index is 14.2. The Hall–Kier alpha value is -2.95. The Bertz CT molecular complexity index is 948. The number of carbonyl (C=O) groups excluding carboxylic acids is 1. The molecular formula is C22H24FN3O. The predicted molar refractivity (Wildman–Crippen MR) is 104 cm³/mol. The van der Waals surface area contributed by atoms with Gasteiger partial charge in [-0.15, -0.1) is 0 Å². The summed E-state index contributed by atoms with van der Waals surface area (Å²) in [6.45, 7) is 6.69. The van der Waals surface area contributed by atoms with Gasteiger partial charge in [0.05, 0.1) is 18.8 Å². The van der Waals surface area contributed by atoms with Gasteiger partial charge in [-0.3, -0.25) is 9.78 Å². The molecule has 0 radical (unpaired) electrons. The minimum atomic E-state index is -0.263. The SMILES string of the molecule is CCc1c(C)c(C(=O)NCc2ccccn2)n(Cc2ccccc2F)c1C. The normalized spacial score (nSPS) is 10.8. The summed E-state index contributed by atoms with van der Waals surface area (Å²) < 4.78 is 16.1. The molecule has 0 saturated heterocycles. The number of hydrogen-bond donors (Lipinski definition) is 1. The van der Waals surface area contributed by atoms with Crippen molar-refractivity contribution in [2.45, 2.75) is 40.3 Å². The quantitative estimate of drug-likeness (QED) is 0.712. The maximum absolute atomic E-state index is 14.2. The van der Waals surface area contributed by atoms with Gasteiger partial charge in [0, 0.05) is 17.5 Å². The van der Waals surface area contributed by atoms with Gasteiger partial charge < -0.3 is 9.88 Å². The van der Waals surface area contributed by atoms with Crippen molar-refractivity contribution >= 4 is 5.91 Å². The van der Waals surface area contributed by atoms with Crippen molar-refractivity contribution < 1.29 is 9.18 Å². The van der Waals surface area contributed by atoms with Gasteiger partial charge in [0.2, 0.25) is 0 Å². The Morgan fingerprint density at radius 3 is 2.56 bits per heavy atom. The lowest BCUT2D eigenvalue weighted by Gasteiger charge is -2.13. The first-order valence-corrected chi connectivity index (χ1v) is 9.13. The summed E-state index contributed by atoms with van der Waals surface area (Å²) in [7, 11) is 0. The number of aromatic nitrogens is 2. The van der Waals surface area contributed by atoms with Gasteiger partial charge in [0.15, 0.2) is 0 Å². The van der Waals surface area contributed by atoms with E-state index in [-0.39, 0.29) is 11.7 Å². The number of rotatable bonds is 6. The molecule has 2 heterocycles. The highest BCUT2D eigenvalue weighted by atomic mass is 19.1. The Labute approximate surface area is 159 Å². The molecule has 3 aromatic rings. The predicted octanol–water partition coefficient (Wildman–Crippen LogP) is 4.18. The first-order chi connectivity index (χ1) is 13.0. The fraction of sp³-hybridized carbons (Fsp3) is 0.273. The van der Waals surface area contributed by atoms with E-state index < -0.39 is 0 Å². The molecule has 5 heteroatoms. The number of nitrogens with zero attached hydrogens (tertiary/aromatic N) is 2. The number of amides is 1. The highest BCUT2D eigenvalue weighted by Gasteiger charge is 2.22. The van der Waals surface area contributed by atoms with E-state index in [0.717, 1.165) is 28.9 Å². The Balaban J connectivity index is 1.93. The zero-order chi connectivity index (χ0) is 19.4.